The maximum absolute atomic E-state index is 4.25. The van der Waals surface area contributed by atoms with Gasteiger partial charge < -0.3 is 0 Å². The van der Waals surface area contributed by atoms with Crippen molar-refractivity contribution in [2.75, 3.05) is 0 Å². The smallest absolute Gasteiger partial charge is 0.0625 e. The second-order valence-electron chi connectivity index (χ2n) is 2.82. The number of hydrogen-bond donors (Lipinski definition) is 1. The van der Waals surface area contributed by atoms with E-state index in [4.69, 9.17) is 0 Å². The summed E-state index contributed by atoms with van der Waals surface area (Å²) in [7, 11) is 1.51. The molecule has 0 spiro atoms. The molecule has 0 aliphatic rings. The highest BCUT2D eigenvalue weighted by molar-refractivity contribution is 8.68. The van der Waals surface area contributed by atoms with Gasteiger partial charge >= 0.3 is 0 Å². The van der Waals surface area contributed by atoms with Gasteiger partial charge in [-0.05, 0) is 26.0 Å². The zero-order valence-corrected chi connectivity index (χ0v) is 8.32. The number of rotatable bonds is 2. The Balaban J connectivity index is 2.93. The second kappa shape index (κ2) is 3.50. The number of nitrogens with zero attached hydrogens (tertiary/aromatic N) is 1. The summed E-state index contributed by atoms with van der Waals surface area (Å²) in [6, 6.07) is 5.93. The predicted molar refractivity (Wildman–Crippen MR) is 53.8 cm³/mol. The fourth-order valence-corrected chi connectivity index (χ4v) is 1.26. The zero-order chi connectivity index (χ0) is 8.32. The molecule has 1 heterocycles. The summed E-state index contributed by atoms with van der Waals surface area (Å²) < 4.78 is 0.00434. The van der Waals surface area contributed by atoms with Crippen molar-refractivity contribution in [1.29, 1.82) is 0 Å². The van der Waals surface area contributed by atoms with E-state index in [1.54, 1.807) is 6.20 Å². The average Bonchev–Trinajstić information content (AvgIpc) is 2.06. The fraction of sp³-hybridized carbons (Fsp3) is 0.375. The topological polar surface area (TPSA) is 12.9 Å². The first-order chi connectivity index (χ1) is 5.17. The molecular weight excluding hydrogens is 174 g/mol. The van der Waals surface area contributed by atoms with Crippen LogP contribution in [0.4, 0.5) is 0 Å². The van der Waals surface area contributed by atoms with Crippen LogP contribution in [0.5, 0.6) is 0 Å². The molecule has 0 bridgehead atoms. The van der Waals surface area contributed by atoms with Crippen LogP contribution >= 0.6 is 22.5 Å². The molecule has 0 fully saturated rings. The molecule has 0 aromatic carbocycles. The third-order valence-corrected chi connectivity index (χ3v) is 3.54. The molecule has 11 heavy (non-hydrogen) atoms. The van der Waals surface area contributed by atoms with E-state index in [-0.39, 0.29) is 4.75 Å². The number of hydrogen-bond acceptors (Lipinski definition) is 3. The Labute approximate surface area is 76.4 Å². The highest BCUT2D eigenvalue weighted by Gasteiger charge is 2.20. The number of thiol groups is 1. The predicted octanol–water partition coefficient (Wildman–Crippen LogP) is 2.89. The number of pyridine rings is 1. The minimum absolute atomic E-state index is 0.00434. The molecule has 0 N–H and O–H groups in total. The van der Waals surface area contributed by atoms with Crippen molar-refractivity contribution >= 4 is 22.5 Å². The van der Waals surface area contributed by atoms with Crippen molar-refractivity contribution < 1.29 is 0 Å². The first kappa shape index (κ1) is 8.94. The van der Waals surface area contributed by atoms with Gasteiger partial charge in [0.1, 0.15) is 0 Å². The van der Waals surface area contributed by atoms with E-state index in [0.29, 0.717) is 0 Å². The lowest BCUT2D eigenvalue weighted by Crippen LogP contribution is -2.11. The highest BCUT2D eigenvalue weighted by Crippen LogP contribution is 2.36. The third-order valence-electron chi connectivity index (χ3n) is 1.51. The largest absolute Gasteiger partial charge is 0.260 e. The minimum atomic E-state index is 0.00434. The third kappa shape index (κ3) is 2.14. The SMILES string of the molecule is CC(C)(SS)c1ccccn1. The Morgan fingerprint density at radius 2 is 2.18 bits per heavy atom. The van der Waals surface area contributed by atoms with Gasteiger partial charge in [-0.1, -0.05) is 16.9 Å². The molecule has 0 saturated heterocycles. The van der Waals surface area contributed by atoms with Crippen LogP contribution in [0.1, 0.15) is 19.5 Å². The maximum Gasteiger partial charge on any atom is 0.0625 e. The summed E-state index contributed by atoms with van der Waals surface area (Å²) in [4.78, 5) is 4.25. The molecule has 1 rings (SSSR count). The van der Waals surface area contributed by atoms with Gasteiger partial charge in [-0.2, -0.15) is 0 Å². The molecule has 1 nitrogen and oxygen atoms in total. The minimum Gasteiger partial charge on any atom is -0.260 e. The molecule has 0 radical (unpaired) electrons. The lowest BCUT2D eigenvalue weighted by Gasteiger charge is -2.19. The van der Waals surface area contributed by atoms with Gasteiger partial charge in [0.2, 0.25) is 0 Å². The van der Waals surface area contributed by atoms with Crippen molar-refractivity contribution in [2.45, 2.75) is 18.6 Å². The van der Waals surface area contributed by atoms with Crippen molar-refractivity contribution in [1.82, 2.24) is 4.98 Å². The fourth-order valence-electron chi connectivity index (χ4n) is 0.766. The van der Waals surface area contributed by atoms with Crippen LogP contribution in [0.2, 0.25) is 0 Å². The normalized spacial score (nSPS) is 11.5. The summed E-state index contributed by atoms with van der Waals surface area (Å²) in [5.74, 6) is 0. The van der Waals surface area contributed by atoms with E-state index in [0.717, 1.165) is 5.69 Å². The molecule has 3 heteroatoms. The monoisotopic (exact) mass is 185 g/mol. The Hall–Kier alpha value is -0.150. The Kier molecular flexibility index (Phi) is 2.84. The highest BCUT2D eigenvalue weighted by atomic mass is 33.1. The molecule has 0 aliphatic carbocycles. The van der Waals surface area contributed by atoms with Gasteiger partial charge in [0.15, 0.2) is 0 Å². The second-order valence-corrected chi connectivity index (χ2v) is 4.57. The molecule has 0 amide bonds. The summed E-state index contributed by atoms with van der Waals surface area (Å²) in [6.45, 7) is 4.21. The average molecular weight is 185 g/mol. The summed E-state index contributed by atoms with van der Waals surface area (Å²) >= 11 is 4.19. The lowest BCUT2D eigenvalue weighted by atomic mass is 10.1. The van der Waals surface area contributed by atoms with Gasteiger partial charge in [-0.25, -0.2) is 0 Å². The Bertz CT molecular complexity index is 221. The van der Waals surface area contributed by atoms with Crippen molar-refractivity contribution in [3.63, 3.8) is 0 Å². The van der Waals surface area contributed by atoms with Crippen molar-refractivity contribution in [2.24, 2.45) is 0 Å². The summed E-state index contributed by atoms with van der Waals surface area (Å²) in [6.07, 6.45) is 1.81. The van der Waals surface area contributed by atoms with Crippen molar-refractivity contribution in [3.8, 4) is 0 Å². The van der Waals surface area contributed by atoms with E-state index in [2.05, 4.69) is 30.5 Å². The van der Waals surface area contributed by atoms with E-state index in [1.807, 2.05) is 18.2 Å². The number of aromatic nitrogens is 1. The maximum atomic E-state index is 4.25. The van der Waals surface area contributed by atoms with E-state index in [9.17, 15) is 0 Å². The van der Waals surface area contributed by atoms with E-state index in [1.165, 1.54) is 10.8 Å². The van der Waals surface area contributed by atoms with Crippen LogP contribution in [0.15, 0.2) is 24.4 Å². The van der Waals surface area contributed by atoms with Gasteiger partial charge in [0.25, 0.3) is 0 Å². The van der Waals surface area contributed by atoms with Gasteiger partial charge in [0.05, 0.1) is 10.4 Å². The molecule has 0 unspecified atom stereocenters. The van der Waals surface area contributed by atoms with Gasteiger partial charge in [-0.15, -0.1) is 11.7 Å². The molecule has 0 aliphatic heterocycles. The first-order valence-electron chi connectivity index (χ1n) is 3.41. The summed E-state index contributed by atoms with van der Waals surface area (Å²) in [5.41, 5.74) is 1.07. The van der Waals surface area contributed by atoms with E-state index < -0.39 is 0 Å². The molecule has 1 aromatic rings. The van der Waals surface area contributed by atoms with Crippen LogP contribution < -0.4 is 0 Å². The molecule has 1 aromatic heterocycles. The lowest BCUT2D eigenvalue weighted by molar-refractivity contribution is 0.753. The first-order valence-corrected chi connectivity index (χ1v) is 5.28. The van der Waals surface area contributed by atoms with Crippen LogP contribution in [-0.4, -0.2) is 4.98 Å². The van der Waals surface area contributed by atoms with Crippen LogP contribution in [0, 0.1) is 0 Å². The molecule has 0 saturated carbocycles. The Morgan fingerprint density at radius 1 is 1.45 bits per heavy atom. The van der Waals surface area contributed by atoms with Crippen LogP contribution in [0.25, 0.3) is 0 Å². The van der Waals surface area contributed by atoms with Crippen molar-refractivity contribution in [3.05, 3.63) is 30.1 Å². The summed E-state index contributed by atoms with van der Waals surface area (Å²) in [5, 5.41) is 0. The van der Waals surface area contributed by atoms with Crippen LogP contribution in [0.3, 0.4) is 0 Å². The van der Waals surface area contributed by atoms with Gasteiger partial charge in [0, 0.05) is 6.20 Å². The van der Waals surface area contributed by atoms with Gasteiger partial charge in [-0.3, -0.25) is 4.98 Å². The molecular formula is C8H11NS2. The van der Waals surface area contributed by atoms with Crippen LogP contribution in [-0.2, 0) is 4.75 Å². The molecule has 0 atom stereocenters. The Morgan fingerprint density at radius 3 is 2.64 bits per heavy atom. The standard InChI is InChI=1S/C8H11NS2/c1-8(2,11-10)7-5-3-4-6-9-7/h3-6,10H,1-2H3. The quantitative estimate of drug-likeness (QED) is 0.562. The zero-order valence-electron chi connectivity index (χ0n) is 6.61. The molecule has 60 valence electrons. The van der Waals surface area contributed by atoms with E-state index >= 15 is 0 Å².